The second-order valence-corrected chi connectivity index (χ2v) is 9.20. The summed E-state index contributed by atoms with van der Waals surface area (Å²) in [5.74, 6) is -0.454. The molecule has 3 rings (SSSR count). The number of rotatable bonds is 6. The molecule has 0 aromatic heterocycles. The number of Topliss-reactive ketones (excluding diaryl/α,β-unsaturated/α-hetero) is 1. The van der Waals surface area contributed by atoms with Gasteiger partial charge in [-0.1, -0.05) is 29.4 Å². The number of carbonyl (C=O) groups excluding carboxylic acids is 3. The summed E-state index contributed by atoms with van der Waals surface area (Å²) in [5.41, 5.74) is 2.76. The molecule has 162 valence electrons. The smallest absolute Gasteiger partial charge is 0.242 e. The van der Waals surface area contributed by atoms with E-state index in [1.165, 1.54) is 18.7 Å². The topological polar surface area (TPSA) is 78.8 Å². The Hall–Kier alpha value is -2.64. The van der Waals surface area contributed by atoms with Crippen molar-refractivity contribution in [1.29, 1.82) is 0 Å². The molecular formula is C23H24ClN3O3S. The minimum absolute atomic E-state index is 0.0227. The molecule has 31 heavy (non-hydrogen) atoms. The van der Waals surface area contributed by atoms with E-state index in [1.54, 1.807) is 35.2 Å². The number of nitrogens with zero attached hydrogens (tertiary/aromatic N) is 2. The van der Waals surface area contributed by atoms with E-state index in [9.17, 15) is 14.4 Å². The van der Waals surface area contributed by atoms with Crippen LogP contribution in [0.3, 0.4) is 0 Å². The maximum atomic E-state index is 13.0. The van der Waals surface area contributed by atoms with Crippen molar-refractivity contribution in [2.75, 3.05) is 5.32 Å². The van der Waals surface area contributed by atoms with Gasteiger partial charge < -0.3 is 5.32 Å². The molecule has 0 aliphatic carbocycles. The van der Waals surface area contributed by atoms with Crippen molar-refractivity contribution < 1.29 is 14.4 Å². The van der Waals surface area contributed by atoms with E-state index in [0.717, 1.165) is 5.56 Å². The Bertz CT molecular complexity index is 1050. The summed E-state index contributed by atoms with van der Waals surface area (Å²) in [4.78, 5) is 43.1. The monoisotopic (exact) mass is 457 g/mol. The molecule has 1 fully saturated rings. The Labute approximate surface area is 191 Å². The van der Waals surface area contributed by atoms with Gasteiger partial charge in [0.05, 0.1) is 5.69 Å². The number of nitrogens with one attached hydrogen (secondary N) is 1. The first kappa shape index (κ1) is 23.0. The highest BCUT2D eigenvalue weighted by Crippen LogP contribution is 2.34. The van der Waals surface area contributed by atoms with Gasteiger partial charge in [0.1, 0.15) is 5.25 Å². The van der Waals surface area contributed by atoms with Crippen LogP contribution in [-0.2, 0) is 9.59 Å². The molecule has 1 saturated heterocycles. The predicted molar refractivity (Wildman–Crippen MR) is 126 cm³/mol. The molecule has 1 atom stereocenters. The van der Waals surface area contributed by atoms with E-state index >= 15 is 0 Å². The van der Waals surface area contributed by atoms with Crippen LogP contribution in [0.1, 0.15) is 43.1 Å². The average Bonchev–Trinajstić information content (AvgIpc) is 3.00. The number of hydrogen-bond acceptors (Lipinski definition) is 5. The Morgan fingerprint density at radius 3 is 2.45 bits per heavy atom. The Kier molecular flexibility index (Phi) is 7.18. The molecule has 2 aromatic rings. The lowest BCUT2D eigenvalue weighted by molar-refractivity contribution is -0.129. The zero-order valence-electron chi connectivity index (χ0n) is 17.8. The van der Waals surface area contributed by atoms with Crippen LogP contribution >= 0.6 is 23.4 Å². The third-order valence-corrected chi connectivity index (χ3v) is 6.37. The van der Waals surface area contributed by atoms with E-state index in [4.69, 9.17) is 11.6 Å². The normalized spacial score (nSPS) is 17.5. The number of benzene rings is 2. The molecule has 0 bridgehead atoms. The number of carbonyl (C=O) groups is 3. The van der Waals surface area contributed by atoms with E-state index in [-0.39, 0.29) is 30.1 Å². The van der Waals surface area contributed by atoms with E-state index < -0.39 is 5.25 Å². The lowest BCUT2D eigenvalue weighted by Crippen LogP contribution is -2.38. The van der Waals surface area contributed by atoms with Crippen LogP contribution in [-0.4, -0.2) is 39.0 Å². The zero-order valence-corrected chi connectivity index (χ0v) is 19.4. The predicted octanol–water partition coefficient (Wildman–Crippen LogP) is 5.22. The van der Waals surface area contributed by atoms with E-state index in [0.29, 0.717) is 27.1 Å². The van der Waals surface area contributed by atoms with Gasteiger partial charge in [-0.2, -0.15) is 0 Å². The summed E-state index contributed by atoms with van der Waals surface area (Å²) in [6, 6.07) is 12.1. The summed E-state index contributed by atoms with van der Waals surface area (Å²) in [5, 5.41) is 3.40. The van der Waals surface area contributed by atoms with Crippen LogP contribution in [0.2, 0.25) is 5.02 Å². The highest BCUT2D eigenvalue weighted by atomic mass is 35.5. The minimum Gasteiger partial charge on any atom is -0.326 e. The van der Waals surface area contributed by atoms with Gasteiger partial charge in [-0.05, 0) is 69.7 Å². The lowest BCUT2D eigenvalue weighted by atomic mass is 10.1. The van der Waals surface area contributed by atoms with Crippen molar-refractivity contribution >= 4 is 57.5 Å². The number of hydrogen-bond donors (Lipinski definition) is 1. The van der Waals surface area contributed by atoms with Crippen molar-refractivity contribution in [2.24, 2.45) is 4.99 Å². The SMILES string of the molecule is CC(=O)c1ccc(NC(=O)CC2SC(=Nc3ccc(C)c(Cl)c3)N(C(C)C)C2=O)cc1. The minimum atomic E-state index is -0.557. The zero-order chi connectivity index (χ0) is 22.7. The molecule has 0 spiro atoms. The number of amidine groups is 1. The van der Waals surface area contributed by atoms with E-state index in [2.05, 4.69) is 10.3 Å². The number of aliphatic imine (C=N–C) groups is 1. The fourth-order valence-corrected chi connectivity index (χ4v) is 4.55. The first-order chi connectivity index (χ1) is 14.7. The molecule has 1 heterocycles. The maximum absolute atomic E-state index is 13.0. The van der Waals surface area contributed by atoms with Gasteiger partial charge >= 0.3 is 0 Å². The maximum Gasteiger partial charge on any atom is 0.242 e. The summed E-state index contributed by atoms with van der Waals surface area (Å²) < 4.78 is 0. The van der Waals surface area contributed by atoms with Crippen LogP contribution in [0, 0.1) is 6.92 Å². The quantitative estimate of drug-likeness (QED) is 0.603. The molecule has 2 aromatic carbocycles. The fraction of sp³-hybridized carbons (Fsp3) is 0.304. The average molecular weight is 458 g/mol. The van der Waals surface area contributed by atoms with Gasteiger partial charge in [-0.15, -0.1) is 0 Å². The van der Waals surface area contributed by atoms with E-state index in [1.807, 2.05) is 32.9 Å². The van der Waals surface area contributed by atoms with Crippen molar-refractivity contribution in [2.45, 2.75) is 45.4 Å². The van der Waals surface area contributed by atoms with Crippen molar-refractivity contribution in [3.05, 3.63) is 58.6 Å². The highest BCUT2D eigenvalue weighted by molar-refractivity contribution is 8.15. The number of aryl methyl sites for hydroxylation is 1. The van der Waals surface area contributed by atoms with Crippen LogP contribution in [0.15, 0.2) is 47.5 Å². The second kappa shape index (κ2) is 9.66. The largest absolute Gasteiger partial charge is 0.326 e. The van der Waals surface area contributed by atoms with Crippen molar-refractivity contribution in [3.63, 3.8) is 0 Å². The number of amides is 2. The first-order valence-electron chi connectivity index (χ1n) is 9.91. The molecule has 0 radical (unpaired) electrons. The standard InChI is InChI=1S/C23H24ClN3O3S/c1-13(2)27-22(30)20(31-23(27)26-18-8-5-14(3)19(24)11-18)12-21(29)25-17-9-6-16(7-10-17)15(4)28/h5-11,13,20H,12H2,1-4H3,(H,25,29). The fourth-order valence-electron chi connectivity index (χ4n) is 3.10. The number of thioether (sulfide) groups is 1. The first-order valence-corrected chi connectivity index (χ1v) is 11.2. The lowest BCUT2D eigenvalue weighted by Gasteiger charge is -2.20. The number of anilines is 1. The summed E-state index contributed by atoms with van der Waals surface area (Å²) in [6.07, 6.45) is 0.0227. The van der Waals surface area contributed by atoms with Gasteiger partial charge in [0.25, 0.3) is 0 Å². The molecule has 1 aliphatic rings. The summed E-state index contributed by atoms with van der Waals surface area (Å²) >= 11 is 7.48. The van der Waals surface area contributed by atoms with Crippen molar-refractivity contribution in [3.8, 4) is 0 Å². The van der Waals surface area contributed by atoms with Gasteiger partial charge in [-0.3, -0.25) is 19.3 Å². The molecular weight excluding hydrogens is 434 g/mol. The Balaban J connectivity index is 1.73. The van der Waals surface area contributed by atoms with Crippen LogP contribution < -0.4 is 5.32 Å². The van der Waals surface area contributed by atoms with Crippen molar-refractivity contribution in [1.82, 2.24) is 4.90 Å². The van der Waals surface area contributed by atoms with Crippen LogP contribution in [0.4, 0.5) is 11.4 Å². The molecule has 1 unspecified atom stereocenters. The highest BCUT2D eigenvalue weighted by Gasteiger charge is 2.40. The Morgan fingerprint density at radius 2 is 1.87 bits per heavy atom. The third-order valence-electron chi connectivity index (χ3n) is 4.81. The van der Waals surface area contributed by atoms with Gasteiger partial charge in [0, 0.05) is 28.7 Å². The molecule has 2 amide bonds. The summed E-state index contributed by atoms with van der Waals surface area (Å²) in [7, 11) is 0. The molecule has 0 saturated carbocycles. The molecule has 8 heteroatoms. The number of halogens is 1. The number of ketones is 1. The summed E-state index contributed by atoms with van der Waals surface area (Å²) in [6.45, 7) is 7.22. The molecule has 1 N–H and O–H groups in total. The van der Waals surface area contributed by atoms with Crippen LogP contribution in [0.5, 0.6) is 0 Å². The van der Waals surface area contributed by atoms with Gasteiger partial charge in [0.15, 0.2) is 11.0 Å². The van der Waals surface area contributed by atoms with Gasteiger partial charge in [0.2, 0.25) is 11.8 Å². The van der Waals surface area contributed by atoms with Crippen LogP contribution in [0.25, 0.3) is 0 Å². The third kappa shape index (κ3) is 5.54. The Morgan fingerprint density at radius 1 is 1.19 bits per heavy atom. The van der Waals surface area contributed by atoms with Gasteiger partial charge in [-0.25, -0.2) is 4.99 Å². The molecule has 1 aliphatic heterocycles. The second-order valence-electron chi connectivity index (χ2n) is 7.62. The molecule has 6 nitrogen and oxygen atoms in total.